The smallest absolute Gasteiger partial charge is 0.254 e. The molecular formula is C21H24N4O. The molecule has 0 bridgehead atoms. The SMILES string of the molecule is Cc1ccc2nc(C)c(C)c(C(=O)N3CCC[C@@H](c4ccn[nH]4)C3)c2c1. The molecule has 0 radical (unpaired) electrons. The van der Waals surface area contributed by atoms with Gasteiger partial charge >= 0.3 is 0 Å². The fraction of sp³-hybridized carbons (Fsp3) is 0.381. The normalized spacial score (nSPS) is 17.7. The molecule has 1 aliphatic heterocycles. The first-order valence-electron chi connectivity index (χ1n) is 9.20. The molecule has 1 N–H and O–H groups in total. The van der Waals surface area contributed by atoms with E-state index < -0.39 is 0 Å². The second-order valence-corrected chi connectivity index (χ2v) is 7.32. The highest BCUT2D eigenvalue weighted by molar-refractivity contribution is 6.07. The molecule has 5 nitrogen and oxygen atoms in total. The number of aryl methyl sites for hydroxylation is 2. The summed E-state index contributed by atoms with van der Waals surface area (Å²) in [4.78, 5) is 20.2. The summed E-state index contributed by atoms with van der Waals surface area (Å²) in [7, 11) is 0. The van der Waals surface area contributed by atoms with E-state index in [1.807, 2.05) is 36.9 Å². The van der Waals surface area contributed by atoms with Crippen LogP contribution < -0.4 is 0 Å². The molecule has 4 rings (SSSR count). The molecule has 0 saturated carbocycles. The van der Waals surface area contributed by atoms with Crippen LogP contribution in [0, 0.1) is 20.8 Å². The monoisotopic (exact) mass is 348 g/mol. The summed E-state index contributed by atoms with van der Waals surface area (Å²) >= 11 is 0. The first-order chi connectivity index (χ1) is 12.5. The minimum absolute atomic E-state index is 0.118. The van der Waals surface area contributed by atoms with Crippen molar-refractivity contribution in [1.29, 1.82) is 0 Å². The summed E-state index contributed by atoms with van der Waals surface area (Å²) in [5, 5.41) is 8.09. The molecule has 1 aromatic carbocycles. The zero-order chi connectivity index (χ0) is 18.3. The number of hydrogen-bond donors (Lipinski definition) is 1. The third kappa shape index (κ3) is 2.87. The summed E-state index contributed by atoms with van der Waals surface area (Å²) in [5.74, 6) is 0.444. The van der Waals surface area contributed by atoms with Crippen molar-refractivity contribution in [2.24, 2.45) is 0 Å². The van der Waals surface area contributed by atoms with Gasteiger partial charge in [0.25, 0.3) is 5.91 Å². The summed E-state index contributed by atoms with van der Waals surface area (Å²) in [6.45, 7) is 7.58. The van der Waals surface area contributed by atoms with Crippen LogP contribution in [0.4, 0.5) is 0 Å². The lowest BCUT2D eigenvalue weighted by Gasteiger charge is -2.33. The van der Waals surface area contributed by atoms with Crippen LogP contribution >= 0.6 is 0 Å². The van der Waals surface area contributed by atoms with Crippen molar-refractivity contribution >= 4 is 16.8 Å². The van der Waals surface area contributed by atoms with Crippen LogP contribution in [0.15, 0.2) is 30.5 Å². The molecule has 5 heteroatoms. The average Bonchev–Trinajstić information content (AvgIpc) is 3.18. The number of nitrogens with one attached hydrogen (secondary N) is 1. The number of carbonyl (C=O) groups is 1. The van der Waals surface area contributed by atoms with Gasteiger partial charge in [0, 0.05) is 42.0 Å². The molecule has 1 aliphatic rings. The number of carbonyl (C=O) groups excluding carboxylic acids is 1. The third-order valence-electron chi connectivity index (χ3n) is 5.51. The summed E-state index contributed by atoms with van der Waals surface area (Å²) in [5.41, 5.74) is 5.87. The molecule has 2 aromatic heterocycles. The number of hydrogen-bond acceptors (Lipinski definition) is 3. The van der Waals surface area contributed by atoms with E-state index in [0.717, 1.165) is 64.9 Å². The first-order valence-corrected chi connectivity index (χ1v) is 9.20. The minimum Gasteiger partial charge on any atom is -0.338 e. The van der Waals surface area contributed by atoms with Crippen molar-refractivity contribution in [3.8, 4) is 0 Å². The van der Waals surface area contributed by atoms with Crippen LogP contribution in [0.2, 0.25) is 0 Å². The Labute approximate surface area is 153 Å². The van der Waals surface area contributed by atoms with Gasteiger partial charge in [-0.1, -0.05) is 11.6 Å². The van der Waals surface area contributed by atoms with Crippen molar-refractivity contribution < 1.29 is 4.79 Å². The summed E-state index contributed by atoms with van der Waals surface area (Å²) in [6.07, 6.45) is 3.87. The average molecular weight is 348 g/mol. The topological polar surface area (TPSA) is 61.9 Å². The minimum atomic E-state index is 0.118. The summed E-state index contributed by atoms with van der Waals surface area (Å²) in [6, 6.07) is 8.16. The largest absolute Gasteiger partial charge is 0.338 e. The zero-order valence-corrected chi connectivity index (χ0v) is 15.5. The Hall–Kier alpha value is -2.69. The van der Waals surface area contributed by atoms with E-state index in [2.05, 4.69) is 28.2 Å². The van der Waals surface area contributed by atoms with Gasteiger partial charge in [-0.25, -0.2) is 0 Å². The van der Waals surface area contributed by atoms with Crippen LogP contribution in [0.5, 0.6) is 0 Å². The van der Waals surface area contributed by atoms with E-state index in [4.69, 9.17) is 0 Å². The van der Waals surface area contributed by atoms with Gasteiger partial charge in [-0.15, -0.1) is 0 Å². The number of amides is 1. The van der Waals surface area contributed by atoms with Crippen molar-refractivity contribution in [3.05, 3.63) is 58.5 Å². The van der Waals surface area contributed by atoms with Gasteiger partial charge in [-0.05, 0) is 57.4 Å². The molecule has 3 heterocycles. The van der Waals surface area contributed by atoms with E-state index >= 15 is 0 Å². The highest BCUT2D eigenvalue weighted by Gasteiger charge is 2.28. The van der Waals surface area contributed by atoms with Crippen LogP contribution in [-0.2, 0) is 0 Å². The van der Waals surface area contributed by atoms with Crippen molar-refractivity contribution in [2.75, 3.05) is 13.1 Å². The molecule has 0 unspecified atom stereocenters. The zero-order valence-electron chi connectivity index (χ0n) is 15.5. The second-order valence-electron chi connectivity index (χ2n) is 7.32. The van der Waals surface area contributed by atoms with E-state index in [-0.39, 0.29) is 5.91 Å². The Morgan fingerprint density at radius 2 is 2.08 bits per heavy atom. The van der Waals surface area contributed by atoms with Gasteiger partial charge in [0.05, 0.1) is 11.1 Å². The lowest BCUT2D eigenvalue weighted by Crippen LogP contribution is -2.39. The molecule has 0 spiro atoms. The quantitative estimate of drug-likeness (QED) is 0.764. The molecule has 1 amide bonds. The lowest BCUT2D eigenvalue weighted by molar-refractivity contribution is 0.0707. The number of rotatable bonds is 2. The van der Waals surface area contributed by atoms with E-state index in [9.17, 15) is 4.79 Å². The highest BCUT2D eigenvalue weighted by atomic mass is 16.2. The molecule has 1 saturated heterocycles. The van der Waals surface area contributed by atoms with Crippen LogP contribution in [-0.4, -0.2) is 39.1 Å². The molecule has 134 valence electrons. The number of H-pyrrole nitrogens is 1. The van der Waals surface area contributed by atoms with Gasteiger partial charge < -0.3 is 4.90 Å². The number of nitrogens with zero attached hydrogens (tertiary/aromatic N) is 3. The number of piperidine rings is 1. The van der Waals surface area contributed by atoms with Crippen molar-refractivity contribution in [3.63, 3.8) is 0 Å². The van der Waals surface area contributed by atoms with Crippen molar-refractivity contribution in [1.82, 2.24) is 20.1 Å². The van der Waals surface area contributed by atoms with Crippen LogP contribution in [0.3, 0.4) is 0 Å². The van der Waals surface area contributed by atoms with E-state index in [0.29, 0.717) is 5.92 Å². The van der Waals surface area contributed by atoms with Crippen LogP contribution in [0.1, 0.15) is 51.6 Å². The van der Waals surface area contributed by atoms with Crippen LogP contribution in [0.25, 0.3) is 10.9 Å². The third-order valence-corrected chi connectivity index (χ3v) is 5.51. The predicted molar refractivity (Wildman–Crippen MR) is 102 cm³/mol. The van der Waals surface area contributed by atoms with Gasteiger partial charge in [-0.2, -0.15) is 5.10 Å². The Bertz CT molecular complexity index is 962. The number of likely N-dealkylation sites (tertiary alicyclic amines) is 1. The number of aromatic amines is 1. The van der Waals surface area contributed by atoms with Gasteiger partial charge in [-0.3, -0.25) is 14.9 Å². The number of aromatic nitrogens is 3. The Balaban J connectivity index is 1.74. The fourth-order valence-corrected chi connectivity index (χ4v) is 3.94. The second kappa shape index (κ2) is 6.56. The Kier molecular flexibility index (Phi) is 4.23. The van der Waals surface area contributed by atoms with E-state index in [1.165, 1.54) is 0 Å². The van der Waals surface area contributed by atoms with Gasteiger partial charge in [0.1, 0.15) is 0 Å². The fourth-order valence-electron chi connectivity index (χ4n) is 3.94. The molecule has 3 aromatic rings. The number of benzene rings is 1. The maximum absolute atomic E-state index is 13.5. The Morgan fingerprint density at radius 1 is 1.23 bits per heavy atom. The maximum atomic E-state index is 13.5. The lowest BCUT2D eigenvalue weighted by atomic mass is 9.93. The highest BCUT2D eigenvalue weighted by Crippen LogP contribution is 2.30. The predicted octanol–water partition coefficient (Wildman–Crippen LogP) is 3.90. The molecular weight excluding hydrogens is 324 g/mol. The summed E-state index contributed by atoms with van der Waals surface area (Å²) < 4.78 is 0. The molecule has 26 heavy (non-hydrogen) atoms. The Morgan fingerprint density at radius 3 is 2.85 bits per heavy atom. The maximum Gasteiger partial charge on any atom is 0.254 e. The molecule has 1 atom stereocenters. The molecule has 0 aliphatic carbocycles. The number of pyridine rings is 1. The van der Waals surface area contributed by atoms with Crippen molar-refractivity contribution in [2.45, 2.75) is 39.5 Å². The number of fused-ring (bicyclic) bond motifs is 1. The van der Waals surface area contributed by atoms with E-state index in [1.54, 1.807) is 6.20 Å². The van der Waals surface area contributed by atoms with Gasteiger partial charge in [0.15, 0.2) is 0 Å². The first kappa shape index (κ1) is 16.8. The van der Waals surface area contributed by atoms with Gasteiger partial charge in [0.2, 0.25) is 0 Å². The molecule has 1 fully saturated rings. The standard InChI is InChI=1S/C21H24N4O/c1-13-6-7-19-17(11-13)20(14(2)15(3)23-19)21(26)25-10-4-5-16(12-25)18-8-9-22-24-18/h6-9,11,16H,4-5,10,12H2,1-3H3,(H,22,24)/t16-/m1/s1.